The SMILES string of the molecule is CCC1(F)C=CC(C(=O)O)=CC1. The molecule has 66 valence electrons. The van der Waals surface area contributed by atoms with Crippen LogP contribution in [0.15, 0.2) is 23.8 Å². The number of carboxylic acid groups (broad SMARTS) is 1. The molecule has 0 heterocycles. The number of carboxylic acids is 1. The van der Waals surface area contributed by atoms with Crippen molar-refractivity contribution in [2.24, 2.45) is 0 Å². The van der Waals surface area contributed by atoms with Gasteiger partial charge in [-0.3, -0.25) is 0 Å². The highest BCUT2D eigenvalue weighted by Crippen LogP contribution is 2.27. The van der Waals surface area contributed by atoms with Crippen LogP contribution in [-0.2, 0) is 4.79 Å². The van der Waals surface area contributed by atoms with E-state index in [2.05, 4.69) is 0 Å². The van der Waals surface area contributed by atoms with Crippen molar-refractivity contribution < 1.29 is 14.3 Å². The summed E-state index contributed by atoms with van der Waals surface area (Å²) in [4.78, 5) is 10.4. The summed E-state index contributed by atoms with van der Waals surface area (Å²) < 4.78 is 13.4. The highest BCUT2D eigenvalue weighted by Gasteiger charge is 2.26. The van der Waals surface area contributed by atoms with Crippen molar-refractivity contribution in [3.8, 4) is 0 Å². The number of rotatable bonds is 2. The third-order valence-corrected chi connectivity index (χ3v) is 2.06. The molecule has 1 aliphatic rings. The summed E-state index contributed by atoms with van der Waals surface area (Å²) in [6.07, 6.45) is 4.63. The number of halogens is 1. The Bertz CT molecular complexity index is 255. The summed E-state index contributed by atoms with van der Waals surface area (Å²) in [5.74, 6) is -0.996. The maximum absolute atomic E-state index is 13.4. The minimum atomic E-state index is -1.33. The molecule has 0 saturated carbocycles. The van der Waals surface area contributed by atoms with Crippen molar-refractivity contribution >= 4 is 5.97 Å². The molecule has 0 bridgehead atoms. The Hall–Kier alpha value is -1.12. The molecular formula is C9H11FO2. The molecule has 12 heavy (non-hydrogen) atoms. The molecule has 0 aromatic heterocycles. The molecule has 0 amide bonds. The fraction of sp³-hybridized carbons (Fsp3) is 0.444. The lowest BCUT2D eigenvalue weighted by atomic mass is 9.92. The fourth-order valence-electron chi connectivity index (χ4n) is 1.08. The van der Waals surface area contributed by atoms with E-state index < -0.39 is 11.6 Å². The normalized spacial score (nSPS) is 28.3. The maximum Gasteiger partial charge on any atom is 0.335 e. The Morgan fingerprint density at radius 1 is 1.83 bits per heavy atom. The van der Waals surface area contributed by atoms with Gasteiger partial charge in [-0.1, -0.05) is 13.0 Å². The molecular weight excluding hydrogens is 159 g/mol. The van der Waals surface area contributed by atoms with Crippen LogP contribution in [-0.4, -0.2) is 16.7 Å². The average Bonchev–Trinajstić information content (AvgIpc) is 2.05. The van der Waals surface area contributed by atoms with Crippen LogP contribution in [0.1, 0.15) is 19.8 Å². The van der Waals surface area contributed by atoms with E-state index in [4.69, 9.17) is 5.11 Å². The highest BCUT2D eigenvalue weighted by molar-refractivity contribution is 5.90. The van der Waals surface area contributed by atoms with Crippen LogP contribution in [0.25, 0.3) is 0 Å². The Balaban J connectivity index is 2.74. The topological polar surface area (TPSA) is 37.3 Å². The largest absolute Gasteiger partial charge is 0.478 e. The van der Waals surface area contributed by atoms with Gasteiger partial charge in [0.25, 0.3) is 0 Å². The van der Waals surface area contributed by atoms with E-state index in [0.717, 1.165) is 0 Å². The summed E-state index contributed by atoms with van der Waals surface area (Å²) in [6.45, 7) is 1.74. The van der Waals surface area contributed by atoms with E-state index in [-0.39, 0.29) is 12.0 Å². The van der Waals surface area contributed by atoms with E-state index in [9.17, 15) is 9.18 Å². The van der Waals surface area contributed by atoms with Crippen LogP contribution in [0, 0.1) is 0 Å². The zero-order chi connectivity index (χ0) is 9.19. The number of alkyl halides is 1. The standard InChI is InChI=1S/C9H11FO2/c1-2-9(10)5-3-7(4-6-9)8(11)12/h3-5H,2,6H2,1H3,(H,11,12). The third kappa shape index (κ3) is 1.72. The second kappa shape index (κ2) is 3.09. The lowest BCUT2D eigenvalue weighted by molar-refractivity contribution is -0.132. The molecule has 0 aromatic carbocycles. The van der Waals surface area contributed by atoms with Crippen molar-refractivity contribution in [1.82, 2.24) is 0 Å². The molecule has 0 radical (unpaired) electrons. The van der Waals surface area contributed by atoms with Crippen LogP contribution in [0.4, 0.5) is 4.39 Å². The summed E-state index contributed by atoms with van der Waals surface area (Å²) in [5, 5.41) is 8.54. The van der Waals surface area contributed by atoms with E-state index in [1.165, 1.54) is 18.2 Å². The molecule has 0 aliphatic heterocycles. The molecule has 0 aromatic rings. The number of hydrogen-bond donors (Lipinski definition) is 1. The van der Waals surface area contributed by atoms with Crippen LogP contribution in [0.3, 0.4) is 0 Å². The maximum atomic E-state index is 13.4. The van der Waals surface area contributed by atoms with Gasteiger partial charge in [-0.05, 0) is 18.6 Å². The first-order valence-electron chi connectivity index (χ1n) is 3.89. The van der Waals surface area contributed by atoms with Gasteiger partial charge in [0.05, 0.1) is 5.57 Å². The Morgan fingerprint density at radius 2 is 2.50 bits per heavy atom. The van der Waals surface area contributed by atoms with Gasteiger partial charge in [-0.15, -0.1) is 0 Å². The van der Waals surface area contributed by atoms with Gasteiger partial charge in [0.2, 0.25) is 0 Å². The van der Waals surface area contributed by atoms with E-state index in [0.29, 0.717) is 6.42 Å². The van der Waals surface area contributed by atoms with Gasteiger partial charge in [0.1, 0.15) is 5.67 Å². The van der Waals surface area contributed by atoms with E-state index >= 15 is 0 Å². The lowest BCUT2D eigenvalue weighted by Crippen LogP contribution is -2.20. The molecule has 3 heteroatoms. The van der Waals surface area contributed by atoms with Gasteiger partial charge >= 0.3 is 5.97 Å². The first kappa shape index (κ1) is 8.97. The van der Waals surface area contributed by atoms with Crippen LogP contribution < -0.4 is 0 Å². The molecule has 0 spiro atoms. The molecule has 0 saturated heterocycles. The molecule has 1 atom stereocenters. The zero-order valence-electron chi connectivity index (χ0n) is 6.88. The van der Waals surface area contributed by atoms with Crippen molar-refractivity contribution in [3.63, 3.8) is 0 Å². The van der Waals surface area contributed by atoms with Gasteiger partial charge in [0.15, 0.2) is 0 Å². The number of aliphatic carboxylic acids is 1. The van der Waals surface area contributed by atoms with Gasteiger partial charge in [0, 0.05) is 6.42 Å². The lowest BCUT2D eigenvalue weighted by Gasteiger charge is -2.20. The van der Waals surface area contributed by atoms with Crippen LogP contribution >= 0.6 is 0 Å². The third-order valence-electron chi connectivity index (χ3n) is 2.06. The average molecular weight is 170 g/mol. The first-order valence-corrected chi connectivity index (χ1v) is 3.89. The van der Waals surface area contributed by atoms with E-state index in [1.807, 2.05) is 0 Å². The Kier molecular flexibility index (Phi) is 2.31. The van der Waals surface area contributed by atoms with Crippen molar-refractivity contribution in [2.45, 2.75) is 25.4 Å². The van der Waals surface area contributed by atoms with Crippen LogP contribution in [0.2, 0.25) is 0 Å². The fourth-order valence-corrected chi connectivity index (χ4v) is 1.08. The monoisotopic (exact) mass is 170 g/mol. The quantitative estimate of drug-likeness (QED) is 0.688. The van der Waals surface area contributed by atoms with Crippen molar-refractivity contribution in [1.29, 1.82) is 0 Å². The summed E-state index contributed by atoms with van der Waals surface area (Å²) in [5.41, 5.74) is -1.16. The summed E-state index contributed by atoms with van der Waals surface area (Å²) in [6, 6.07) is 0. The molecule has 1 N–H and O–H groups in total. The Labute approximate surface area is 70.4 Å². The molecule has 1 aliphatic carbocycles. The predicted molar refractivity (Wildman–Crippen MR) is 43.6 cm³/mol. The molecule has 1 unspecified atom stereocenters. The molecule has 1 rings (SSSR count). The summed E-state index contributed by atoms with van der Waals surface area (Å²) >= 11 is 0. The minimum absolute atomic E-state index is 0.168. The second-order valence-corrected chi connectivity index (χ2v) is 2.89. The highest BCUT2D eigenvalue weighted by atomic mass is 19.1. The van der Waals surface area contributed by atoms with Gasteiger partial charge in [-0.2, -0.15) is 0 Å². The minimum Gasteiger partial charge on any atom is -0.478 e. The van der Waals surface area contributed by atoms with Crippen molar-refractivity contribution in [3.05, 3.63) is 23.8 Å². The molecule has 0 fully saturated rings. The van der Waals surface area contributed by atoms with Gasteiger partial charge < -0.3 is 5.11 Å². The number of allylic oxidation sites excluding steroid dienone is 2. The molecule has 2 nitrogen and oxygen atoms in total. The zero-order valence-corrected chi connectivity index (χ0v) is 6.88. The first-order chi connectivity index (χ1) is 5.57. The van der Waals surface area contributed by atoms with Gasteiger partial charge in [-0.25, -0.2) is 9.18 Å². The Morgan fingerprint density at radius 3 is 2.83 bits per heavy atom. The van der Waals surface area contributed by atoms with Crippen molar-refractivity contribution in [2.75, 3.05) is 0 Å². The number of carbonyl (C=O) groups is 1. The smallest absolute Gasteiger partial charge is 0.335 e. The number of hydrogen-bond acceptors (Lipinski definition) is 1. The second-order valence-electron chi connectivity index (χ2n) is 2.89. The van der Waals surface area contributed by atoms with Crippen LogP contribution in [0.5, 0.6) is 0 Å². The van der Waals surface area contributed by atoms with E-state index in [1.54, 1.807) is 6.92 Å². The predicted octanol–water partition coefficient (Wildman–Crippen LogP) is 2.08. The summed E-state index contributed by atoms with van der Waals surface area (Å²) in [7, 11) is 0.